The summed E-state index contributed by atoms with van der Waals surface area (Å²) >= 11 is 0. The number of carbonyl (C=O) groups is 1. The van der Waals surface area contributed by atoms with Gasteiger partial charge < -0.3 is 24.6 Å². The Morgan fingerprint density at radius 1 is 1.09 bits per heavy atom. The number of fused-ring (bicyclic) bond motifs is 1. The van der Waals surface area contributed by atoms with E-state index in [1.165, 1.54) is 44.2 Å². The lowest BCUT2D eigenvalue weighted by Gasteiger charge is -2.38. The van der Waals surface area contributed by atoms with Crippen molar-refractivity contribution in [1.82, 2.24) is 15.1 Å². The first-order valence-electron chi connectivity index (χ1n) is 12.3. The molecule has 1 N–H and O–H groups in total. The Kier molecular flexibility index (Phi) is 7.93. The summed E-state index contributed by atoms with van der Waals surface area (Å²) in [5, 5.41) is 3.13. The molecule has 1 aliphatic heterocycles. The molecule has 2 aromatic rings. The van der Waals surface area contributed by atoms with E-state index in [2.05, 4.69) is 17.3 Å². The van der Waals surface area contributed by atoms with Gasteiger partial charge in [-0.15, -0.1) is 0 Å². The SMILES string of the molecule is COc1cc2c(cc1OC)C(c1ccc(F)cc1)N(C(=O)NCCN(C)C1CCCCC1)CC2. The van der Waals surface area contributed by atoms with Crippen molar-refractivity contribution in [3.05, 3.63) is 58.9 Å². The fourth-order valence-corrected chi connectivity index (χ4v) is 5.31. The van der Waals surface area contributed by atoms with Gasteiger partial charge in [0.2, 0.25) is 0 Å². The van der Waals surface area contributed by atoms with E-state index < -0.39 is 0 Å². The summed E-state index contributed by atoms with van der Waals surface area (Å²) in [5.41, 5.74) is 2.95. The quantitative estimate of drug-likeness (QED) is 0.635. The standard InChI is InChI=1S/C27H36FN3O3/c1-30(22-7-5-4-6-8-22)16-14-29-27(32)31-15-13-20-17-24(33-2)25(34-3)18-23(20)26(31)19-9-11-21(28)12-10-19/h9-12,17-18,22,26H,4-8,13-16H2,1-3H3,(H,29,32). The minimum atomic E-state index is -0.333. The first-order valence-corrected chi connectivity index (χ1v) is 12.3. The number of urea groups is 1. The van der Waals surface area contributed by atoms with Crippen LogP contribution in [0.5, 0.6) is 11.5 Å². The zero-order valence-corrected chi connectivity index (χ0v) is 20.5. The highest BCUT2D eigenvalue weighted by molar-refractivity contribution is 5.76. The third-order valence-corrected chi connectivity index (χ3v) is 7.26. The van der Waals surface area contributed by atoms with Gasteiger partial charge >= 0.3 is 6.03 Å². The van der Waals surface area contributed by atoms with Crippen molar-refractivity contribution in [2.75, 3.05) is 40.9 Å². The minimum Gasteiger partial charge on any atom is -0.493 e. The van der Waals surface area contributed by atoms with Crippen molar-refractivity contribution in [3.8, 4) is 11.5 Å². The van der Waals surface area contributed by atoms with Crippen LogP contribution in [0.1, 0.15) is 54.8 Å². The number of halogens is 1. The van der Waals surface area contributed by atoms with Crippen LogP contribution in [-0.4, -0.2) is 62.8 Å². The zero-order valence-electron chi connectivity index (χ0n) is 20.5. The van der Waals surface area contributed by atoms with Gasteiger partial charge in [0.15, 0.2) is 11.5 Å². The van der Waals surface area contributed by atoms with E-state index in [-0.39, 0.29) is 17.9 Å². The molecule has 1 fully saturated rings. The molecule has 2 aromatic carbocycles. The topological polar surface area (TPSA) is 54.0 Å². The fraction of sp³-hybridized carbons (Fsp3) is 0.519. The highest BCUT2D eigenvalue weighted by atomic mass is 19.1. The number of hydrogen-bond acceptors (Lipinski definition) is 4. The van der Waals surface area contributed by atoms with Crippen LogP contribution in [0.4, 0.5) is 9.18 Å². The summed E-state index contributed by atoms with van der Waals surface area (Å²) in [6.45, 7) is 1.99. The number of benzene rings is 2. The molecule has 1 unspecified atom stereocenters. The molecule has 6 nitrogen and oxygen atoms in total. The van der Waals surface area contributed by atoms with Gasteiger partial charge in [-0.1, -0.05) is 31.4 Å². The van der Waals surface area contributed by atoms with Crippen LogP contribution in [0.2, 0.25) is 0 Å². The number of rotatable bonds is 7. The maximum absolute atomic E-state index is 13.7. The molecular formula is C27H36FN3O3. The molecule has 0 saturated heterocycles. The monoisotopic (exact) mass is 469 g/mol. The summed E-state index contributed by atoms with van der Waals surface area (Å²) in [6, 6.07) is 10.5. The molecule has 1 saturated carbocycles. The van der Waals surface area contributed by atoms with Crippen molar-refractivity contribution in [3.63, 3.8) is 0 Å². The van der Waals surface area contributed by atoms with Crippen molar-refractivity contribution in [2.45, 2.75) is 50.6 Å². The van der Waals surface area contributed by atoms with Crippen LogP contribution in [-0.2, 0) is 6.42 Å². The molecule has 4 rings (SSSR count). The highest BCUT2D eigenvalue weighted by Crippen LogP contribution is 2.41. The number of nitrogens with zero attached hydrogens (tertiary/aromatic N) is 2. The third kappa shape index (κ3) is 5.30. The zero-order chi connectivity index (χ0) is 24.1. The minimum absolute atomic E-state index is 0.105. The number of hydrogen-bond donors (Lipinski definition) is 1. The second-order valence-corrected chi connectivity index (χ2v) is 9.31. The molecule has 1 heterocycles. The van der Waals surface area contributed by atoms with Crippen molar-refractivity contribution < 1.29 is 18.7 Å². The van der Waals surface area contributed by atoms with Gasteiger partial charge in [0.25, 0.3) is 0 Å². The van der Waals surface area contributed by atoms with Crippen LogP contribution in [0.3, 0.4) is 0 Å². The van der Waals surface area contributed by atoms with Gasteiger partial charge in [0, 0.05) is 25.7 Å². The Bertz CT molecular complexity index is 976. The van der Waals surface area contributed by atoms with Gasteiger partial charge in [0.05, 0.1) is 20.3 Å². The Balaban J connectivity index is 1.53. The van der Waals surface area contributed by atoms with Crippen LogP contribution < -0.4 is 14.8 Å². The van der Waals surface area contributed by atoms with Crippen LogP contribution in [0, 0.1) is 5.82 Å². The van der Waals surface area contributed by atoms with Crippen LogP contribution in [0.15, 0.2) is 36.4 Å². The largest absolute Gasteiger partial charge is 0.493 e. The average Bonchev–Trinajstić information content (AvgIpc) is 2.88. The van der Waals surface area contributed by atoms with E-state index in [9.17, 15) is 9.18 Å². The Morgan fingerprint density at radius 2 is 1.76 bits per heavy atom. The van der Waals surface area contributed by atoms with E-state index in [0.717, 1.165) is 23.2 Å². The smallest absolute Gasteiger partial charge is 0.318 e. The molecule has 2 aliphatic rings. The summed E-state index contributed by atoms with van der Waals surface area (Å²) < 4.78 is 24.7. The lowest BCUT2D eigenvalue weighted by Crippen LogP contribution is -2.48. The normalized spacial score (nSPS) is 18.5. The second kappa shape index (κ2) is 11.1. The second-order valence-electron chi connectivity index (χ2n) is 9.31. The fourth-order valence-electron chi connectivity index (χ4n) is 5.31. The Hall–Kier alpha value is -2.80. The molecule has 1 aliphatic carbocycles. The molecule has 2 amide bonds. The molecular weight excluding hydrogens is 433 g/mol. The molecule has 7 heteroatoms. The molecule has 0 bridgehead atoms. The molecule has 34 heavy (non-hydrogen) atoms. The highest BCUT2D eigenvalue weighted by Gasteiger charge is 2.33. The first-order chi connectivity index (χ1) is 16.5. The van der Waals surface area contributed by atoms with Gasteiger partial charge in [-0.2, -0.15) is 0 Å². The number of ether oxygens (including phenoxy) is 2. The summed E-state index contributed by atoms with van der Waals surface area (Å²) in [5.74, 6) is 0.987. The van der Waals surface area contributed by atoms with E-state index in [0.29, 0.717) is 37.1 Å². The lowest BCUT2D eigenvalue weighted by molar-refractivity contribution is 0.170. The van der Waals surface area contributed by atoms with Gasteiger partial charge in [-0.25, -0.2) is 9.18 Å². The third-order valence-electron chi connectivity index (χ3n) is 7.26. The van der Waals surface area contributed by atoms with E-state index in [4.69, 9.17) is 9.47 Å². The van der Waals surface area contributed by atoms with Crippen molar-refractivity contribution in [1.29, 1.82) is 0 Å². The number of likely N-dealkylation sites (N-methyl/N-ethyl adjacent to an activating group) is 1. The Morgan fingerprint density at radius 3 is 2.44 bits per heavy atom. The number of carbonyl (C=O) groups excluding carboxylic acids is 1. The average molecular weight is 470 g/mol. The predicted molar refractivity (Wildman–Crippen MR) is 131 cm³/mol. The summed E-state index contributed by atoms with van der Waals surface area (Å²) in [7, 11) is 5.38. The number of amides is 2. The van der Waals surface area contributed by atoms with E-state index in [1.54, 1.807) is 26.4 Å². The molecule has 184 valence electrons. The molecule has 1 atom stereocenters. The first kappa shape index (κ1) is 24.3. The number of nitrogens with one attached hydrogen (secondary N) is 1. The maximum atomic E-state index is 13.7. The van der Waals surface area contributed by atoms with Crippen molar-refractivity contribution in [2.24, 2.45) is 0 Å². The van der Waals surface area contributed by atoms with E-state index in [1.807, 2.05) is 17.0 Å². The summed E-state index contributed by atoms with van der Waals surface area (Å²) in [6.07, 6.45) is 7.11. The van der Waals surface area contributed by atoms with Gasteiger partial charge in [0.1, 0.15) is 5.82 Å². The predicted octanol–water partition coefficient (Wildman–Crippen LogP) is 4.76. The van der Waals surface area contributed by atoms with Gasteiger partial charge in [-0.3, -0.25) is 0 Å². The van der Waals surface area contributed by atoms with Crippen LogP contribution in [0.25, 0.3) is 0 Å². The van der Waals surface area contributed by atoms with E-state index >= 15 is 0 Å². The van der Waals surface area contributed by atoms with Crippen molar-refractivity contribution >= 4 is 6.03 Å². The molecule has 0 spiro atoms. The van der Waals surface area contributed by atoms with Crippen LogP contribution >= 0.6 is 0 Å². The Labute approximate surface area is 202 Å². The molecule has 0 radical (unpaired) electrons. The van der Waals surface area contributed by atoms with Gasteiger partial charge in [-0.05, 0) is 67.3 Å². The maximum Gasteiger partial charge on any atom is 0.318 e. The number of methoxy groups -OCH3 is 2. The molecule has 0 aromatic heterocycles. The lowest BCUT2D eigenvalue weighted by atomic mass is 9.88. The summed E-state index contributed by atoms with van der Waals surface area (Å²) in [4.78, 5) is 17.6.